The summed E-state index contributed by atoms with van der Waals surface area (Å²) in [6.07, 6.45) is 3.00. The van der Waals surface area contributed by atoms with E-state index in [1.807, 2.05) is 30.3 Å². The van der Waals surface area contributed by atoms with Gasteiger partial charge in [-0.1, -0.05) is 46.3 Å². The lowest BCUT2D eigenvalue weighted by Crippen LogP contribution is -2.51. The van der Waals surface area contributed by atoms with E-state index < -0.39 is 10.0 Å². The molecule has 2 N–H and O–H groups in total. The molecule has 0 bridgehead atoms. The van der Waals surface area contributed by atoms with Gasteiger partial charge >= 0.3 is 0 Å². The van der Waals surface area contributed by atoms with Crippen LogP contribution in [0.3, 0.4) is 0 Å². The van der Waals surface area contributed by atoms with Crippen LogP contribution in [0.5, 0.6) is 0 Å². The zero-order valence-electron chi connectivity index (χ0n) is 14.2. The molecule has 2 aromatic carbocycles. The first kappa shape index (κ1) is 19.1. The van der Waals surface area contributed by atoms with Gasteiger partial charge in [-0.05, 0) is 49.1 Å². The third-order valence-electron chi connectivity index (χ3n) is 4.68. The van der Waals surface area contributed by atoms with E-state index in [2.05, 4.69) is 26.0 Å². The Morgan fingerprint density at radius 1 is 1.04 bits per heavy atom. The second-order valence-corrected chi connectivity index (χ2v) is 9.13. The van der Waals surface area contributed by atoms with Crippen molar-refractivity contribution in [2.24, 2.45) is 0 Å². The van der Waals surface area contributed by atoms with Gasteiger partial charge in [0, 0.05) is 17.4 Å². The smallest absolute Gasteiger partial charge is 0.240 e. The molecule has 0 radical (unpaired) electrons. The number of rotatable bonds is 7. The van der Waals surface area contributed by atoms with Gasteiger partial charge in [0.15, 0.2) is 0 Å². The molecule has 0 heterocycles. The van der Waals surface area contributed by atoms with Gasteiger partial charge in [0.05, 0.1) is 10.4 Å². The molecule has 2 aromatic rings. The molecule has 1 aliphatic carbocycles. The number of amides is 1. The molecule has 1 fully saturated rings. The molecule has 0 unspecified atom stereocenters. The largest absolute Gasteiger partial charge is 0.347 e. The minimum absolute atomic E-state index is 0.0646. The fraction of sp³-hybridized carbons (Fsp3) is 0.316. The number of benzene rings is 2. The van der Waals surface area contributed by atoms with E-state index in [9.17, 15) is 13.2 Å². The quantitative estimate of drug-likeness (QED) is 0.698. The van der Waals surface area contributed by atoms with Crippen LogP contribution >= 0.6 is 15.9 Å². The number of nitrogens with one attached hydrogen (secondary N) is 2. The minimum Gasteiger partial charge on any atom is -0.347 e. The normalized spacial score (nSPS) is 15.9. The Morgan fingerprint density at radius 3 is 2.27 bits per heavy atom. The second kappa shape index (κ2) is 7.90. The van der Waals surface area contributed by atoms with Crippen molar-refractivity contribution in [1.82, 2.24) is 10.0 Å². The molecule has 0 atom stereocenters. The van der Waals surface area contributed by atoms with Crippen LogP contribution < -0.4 is 10.0 Å². The number of hydrogen-bond acceptors (Lipinski definition) is 3. The SMILES string of the molecule is O=C(CCNS(=O)(=O)c1ccc(Br)cc1)NC1(c2ccccc2)CCC1. The van der Waals surface area contributed by atoms with Crippen molar-refractivity contribution in [1.29, 1.82) is 0 Å². The summed E-state index contributed by atoms with van der Waals surface area (Å²) in [6.45, 7) is 0.0646. The highest BCUT2D eigenvalue weighted by molar-refractivity contribution is 9.10. The summed E-state index contributed by atoms with van der Waals surface area (Å²) in [4.78, 5) is 12.5. The van der Waals surface area contributed by atoms with Crippen molar-refractivity contribution < 1.29 is 13.2 Å². The van der Waals surface area contributed by atoms with E-state index in [1.54, 1.807) is 12.1 Å². The molecule has 5 nitrogen and oxygen atoms in total. The van der Waals surface area contributed by atoms with Crippen LogP contribution in [0.1, 0.15) is 31.2 Å². The second-order valence-electron chi connectivity index (χ2n) is 6.45. The van der Waals surface area contributed by atoms with Crippen molar-refractivity contribution in [3.05, 3.63) is 64.6 Å². The van der Waals surface area contributed by atoms with Crippen molar-refractivity contribution in [2.45, 2.75) is 36.1 Å². The van der Waals surface area contributed by atoms with Crippen LogP contribution in [0.15, 0.2) is 64.0 Å². The van der Waals surface area contributed by atoms with Gasteiger partial charge < -0.3 is 5.32 Å². The first-order valence-corrected chi connectivity index (χ1v) is 10.8. The van der Waals surface area contributed by atoms with Crippen LogP contribution in [-0.2, 0) is 20.4 Å². The van der Waals surface area contributed by atoms with E-state index in [0.29, 0.717) is 0 Å². The minimum atomic E-state index is -3.61. The molecule has 0 saturated heterocycles. The Balaban J connectivity index is 1.55. The highest BCUT2D eigenvalue weighted by atomic mass is 79.9. The summed E-state index contributed by atoms with van der Waals surface area (Å²) in [7, 11) is -3.61. The summed E-state index contributed by atoms with van der Waals surface area (Å²) in [6, 6.07) is 16.3. The zero-order chi connectivity index (χ0) is 18.6. The Labute approximate surface area is 162 Å². The van der Waals surface area contributed by atoms with E-state index in [1.165, 1.54) is 12.1 Å². The van der Waals surface area contributed by atoms with Crippen LogP contribution in [0.4, 0.5) is 0 Å². The average Bonchev–Trinajstić information content (AvgIpc) is 2.59. The Morgan fingerprint density at radius 2 is 1.69 bits per heavy atom. The molecular formula is C19H21BrN2O3S. The summed E-state index contributed by atoms with van der Waals surface area (Å²) < 4.78 is 27.8. The number of hydrogen-bond donors (Lipinski definition) is 2. The lowest BCUT2D eigenvalue weighted by atomic mass is 9.71. The van der Waals surface area contributed by atoms with Crippen molar-refractivity contribution in [2.75, 3.05) is 6.54 Å². The zero-order valence-corrected chi connectivity index (χ0v) is 16.6. The molecule has 3 rings (SSSR count). The Hall–Kier alpha value is -1.70. The monoisotopic (exact) mass is 436 g/mol. The molecule has 0 aliphatic heterocycles. The van der Waals surface area contributed by atoms with Gasteiger partial charge in [0.1, 0.15) is 0 Å². The Kier molecular flexibility index (Phi) is 5.79. The van der Waals surface area contributed by atoms with Gasteiger partial charge in [-0.15, -0.1) is 0 Å². The molecule has 1 amide bonds. The highest BCUT2D eigenvalue weighted by Gasteiger charge is 2.39. The maximum atomic E-state index is 12.3. The lowest BCUT2D eigenvalue weighted by molar-refractivity contribution is -0.124. The van der Waals surface area contributed by atoms with Gasteiger partial charge in [0.25, 0.3) is 0 Å². The molecule has 1 saturated carbocycles. The first-order chi connectivity index (χ1) is 12.4. The predicted octanol–water partition coefficient (Wildman–Crippen LogP) is 3.31. The topological polar surface area (TPSA) is 75.3 Å². The van der Waals surface area contributed by atoms with E-state index in [0.717, 1.165) is 29.3 Å². The van der Waals surface area contributed by atoms with Crippen molar-refractivity contribution >= 4 is 31.9 Å². The molecule has 0 spiro atoms. The number of carbonyl (C=O) groups is 1. The molecule has 1 aliphatic rings. The van der Waals surface area contributed by atoms with Gasteiger partial charge in [0.2, 0.25) is 15.9 Å². The average molecular weight is 437 g/mol. The lowest BCUT2D eigenvalue weighted by Gasteiger charge is -2.43. The van der Waals surface area contributed by atoms with Crippen molar-refractivity contribution in [3.63, 3.8) is 0 Å². The molecule has 7 heteroatoms. The maximum absolute atomic E-state index is 12.3. The van der Waals surface area contributed by atoms with E-state index >= 15 is 0 Å². The summed E-state index contributed by atoms with van der Waals surface area (Å²) >= 11 is 3.28. The van der Waals surface area contributed by atoms with E-state index in [4.69, 9.17) is 0 Å². The Bertz CT molecular complexity index is 863. The molecule has 138 valence electrons. The summed E-state index contributed by atoms with van der Waals surface area (Å²) in [5.74, 6) is -0.146. The molecule has 26 heavy (non-hydrogen) atoms. The molecular weight excluding hydrogens is 416 g/mol. The summed E-state index contributed by atoms with van der Waals surface area (Å²) in [5.41, 5.74) is 0.804. The van der Waals surface area contributed by atoms with Crippen LogP contribution in [0.25, 0.3) is 0 Å². The predicted molar refractivity (Wildman–Crippen MR) is 104 cm³/mol. The first-order valence-electron chi connectivity index (χ1n) is 8.53. The number of carbonyl (C=O) groups excluding carboxylic acids is 1. The highest BCUT2D eigenvalue weighted by Crippen LogP contribution is 2.41. The number of sulfonamides is 1. The fourth-order valence-corrected chi connectivity index (χ4v) is 4.39. The summed E-state index contributed by atoms with van der Waals surface area (Å²) in [5, 5.41) is 3.10. The van der Waals surface area contributed by atoms with Crippen LogP contribution in [-0.4, -0.2) is 20.9 Å². The number of halogens is 1. The van der Waals surface area contributed by atoms with Crippen LogP contribution in [0, 0.1) is 0 Å². The van der Waals surface area contributed by atoms with Gasteiger partial charge in [-0.25, -0.2) is 13.1 Å². The molecule has 0 aromatic heterocycles. The third-order valence-corrected chi connectivity index (χ3v) is 6.69. The third kappa shape index (κ3) is 4.34. The maximum Gasteiger partial charge on any atom is 0.240 e. The standard InChI is InChI=1S/C19H21BrN2O3S/c20-16-7-9-17(10-8-16)26(24,25)21-14-11-18(23)22-19(12-4-13-19)15-5-2-1-3-6-15/h1-3,5-10,21H,4,11-14H2,(H,22,23). The van der Waals surface area contributed by atoms with Gasteiger partial charge in [-0.2, -0.15) is 0 Å². The van der Waals surface area contributed by atoms with E-state index in [-0.39, 0.29) is 29.3 Å². The fourth-order valence-electron chi connectivity index (χ4n) is 3.10. The van der Waals surface area contributed by atoms with Gasteiger partial charge in [-0.3, -0.25) is 4.79 Å². The van der Waals surface area contributed by atoms with Crippen molar-refractivity contribution in [3.8, 4) is 0 Å². The van der Waals surface area contributed by atoms with Crippen LogP contribution in [0.2, 0.25) is 0 Å².